The number of hydrogen-bond acceptors (Lipinski definition) is 6. The van der Waals surface area contributed by atoms with E-state index in [0.29, 0.717) is 25.9 Å². The van der Waals surface area contributed by atoms with E-state index in [1.165, 1.54) is 0 Å². The standard InChI is InChI=1S/C20H36N2O4Si/c1-7-25-20(24)18(21-22(2)3)13-11-9-8-10-12-16-14-17(15-19(16)23)26-27(4,5)6/h8,10,14,17-18,21H,7,9,11-13,15H2,1-6H3/b10-8-. The minimum Gasteiger partial charge on any atom is -0.465 e. The molecule has 0 aromatic carbocycles. The Morgan fingerprint density at radius 2 is 2.07 bits per heavy atom. The van der Waals surface area contributed by atoms with Crippen LogP contribution in [0.15, 0.2) is 23.8 Å². The number of allylic oxidation sites excluding steroid dienone is 3. The number of ketones is 1. The lowest BCUT2D eigenvalue weighted by atomic mass is 10.1. The monoisotopic (exact) mass is 396 g/mol. The zero-order chi connectivity index (χ0) is 20.4. The summed E-state index contributed by atoms with van der Waals surface area (Å²) >= 11 is 0. The Kier molecular flexibility index (Phi) is 10.1. The van der Waals surface area contributed by atoms with Gasteiger partial charge in [-0.2, -0.15) is 0 Å². The summed E-state index contributed by atoms with van der Waals surface area (Å²) in [6, 6.07) is -0.327. The second kappa shape index (κ2) is 11.5. The Hall–Kier alpha value is -1.28. The average Bonchev–Trinajstić information content (AvgIpc) is 2.86. The van der Waals surface area contributed by atoms with Crippen molar-refractivity contribution >= 4 is 20.1 Å². The van der Waals surface area contributed by atoms with Gasteiger partial charge in [-0.05, 0) is 63.9 Å². The number of hydrazine groups is 1. The van der Waals surface area contributed by atoms with Crippen molar-refractivity contribution in [3.05, 3.63) is 23.8 Å². The van der Waals surface area contributed by atoms with Crippen molar-refractivity contribution in [1.82, 2.24) is 10.4 Å². The summed E-state index contributed by atoms with van der Waals surface area (Å²) in [6.45, 7) is 8.61. The van der Waals surface area contributed by atoms with Crippen molar-refractivity contribution in [2.75, 3.05) is 20.7 Å². The molecule has 0 amide bonds. The fourth-order valence-electron chi connectivity index (χ4n) is 2.96. The first-order valence-corrected chi connectivity index (χ1v) is 13.2. The van der Waals surface area contributed by atoms with Crippen LogP contribution in [-0.2, 0) is 18.8 Å². The zero-order valence-electron chi connectivity index (χ0n) is 17.7. The molecular weight excluding hydrogens is 360 g/mol. The molecule has 0 saturated heterocycles. The molecule has 1 rings (SSSR count). The van der Waals surface area contributed by atoms with E-state index in [-0.39, 0.29) is 23.9 Å². The maximum Gasteiger partial charge on any atom is 0.324 e. The number of hydrogen-bond donors (Lipinski definition) is 1. The van der Waals surface area contributed by atoms with Gasteiger partial charge in [-0.3, -0.25) is 9.59 Å². The summed E-state index contributed by atoms with van der Waals surface area (Å²) < 4.78 is 11.1. The lowest BCUT2D eigenvalue weighted by Crippen LogP contribution is -2.45. The van der Waals surface area contributed by atoms with Crippen LogP contribution in [0.2, 0.25) is 19.6 Å². The maximum atomic E-state index is 12.1. The molecule has 0 bridgehead atoms. The highest BCUT2D eigenvalue weighted by Crippen LogP contribution is 2.23. The molecule has 0 saturated carbocycles. The number of nitrogens with zero attached hydrogens (tertiary/aromatic N) is 1. The van der Waals surface area contributed by atoms with E-state index < -0.39 is 8.32 Å². The van der Waals surface area contributed by atoms with Gasteiger partial charge in [0.05, 0.1) is 12.7 Å². The second-order valence-electron chi connectivity index (χ2n) is 8.02. The SMILES string of the molecule is CCOC(=O)C(CCC/C=C\CC1=CC(O[Si](C)(C)C)CC1=O)NN(C)C. The summed E-state index contributed by atoms with van der Waals surface area (Å²) in [5.41, 5.74) is 3.95. The first kappa shape index (κ1) is 23.8. The van der Waals surface area contributed by atoms with Crippen molar-refractivity contribution in [1.29, 1.82) is 0 Å². The van der Waals surface area contributed by atoms with E-state index in [2.05, 4.69) is 31.1 Å². The number of rotatable bonds is 12. The van der Waals surface area contributed by atoms with E-state index in [0.717, 1.165) is 18.4 Å². The van der Waals surface area contributed by atoms with E-state index in [1.807, 2.05) is 33.2 Å². The molecule has 0 fully saturated rings. The molecule has 0 heterocycles. The summed E-state index contributed by atoms with van der Waals surface area (Å²) in [6.07, 6.45) is 9.63. The van der Waals surface area contributed by atoms with Crippen LogP contribution in [0.1, 0.15) is 39.0 Å². The molecule has 2 unspecified atom stereocenters. The number of ether oxygens (including phenoxy) is 1. The summed E-state index contributed by atoms with van der Waals surface area (Å²) in [5.74, 6) is -0.0224. The van der Waals surface area contributed by atoms with Gasteiger partial charge in [0, 0.05) is 20.5 Å². The average molecular weight is 397 g/mol. The highest BCUT2D eigenvalue weighted by Gasteiger charge is 2.28. The predicted octanol–water partition coefficient (Wildman–Crippen LogP) is 3.22. The summed E-state index contributed by atoms with van der Waals surface area (Å²) in [5, 5.41) is 1.77. The molecule has 1 N–H and O–H groups in total. The normalized spacial score (nSPS) is 19.0. The van der Waals surface area contributed by atoms with Crippen molar-refractivity contribution < 1.29 is 18.8 Å². The highest BCUT2D eigenvalue weighted by atomic mass is 28.4. The minimum atomic E-state index is -1.63. The highest BCUT2D eigenvalue weighted by molar-refractivity contribution is 6.69. The summed E-state index contributed by atoms with van der Waals surface area (Å²) in [4.78, 5) is 24.0. The lowest BCUT2D eigenvalue weighted by molar-refractivity contribution is -0.147. The molecule has 1 aliphatic rings. The van der Waals surface area contributed by atoms with Crippen molar-refractivity contribution in [2.24, 2.45) is 0 Å². The van der Waals surface area contributed by atoms with E-state index in [1.54, 1.807) is 5.01 Å². The van der Waals surface area contributed by atoms with Gasteiger partial charge in [-0.1, -0.05) is 12.2 Å². The van der Waals surface area contributed by atoms with Crippen LogP contribution in [0.3, 0.4) is 0 Å². The fourth-order valence-corrected chi connectivity index (χ4v) is 4.02. The molecular formula is C20H36N2O4Si. The first-order chi connectivity index (χ1) is 12.6. The van der Waals surface area contributed by atoms with Crippen LogP contribution in [0.25, 0.3) is 0 Å². The lowest BCUT2D eigenvalue weighted by Gasteiger charge is -2.21. The van der Waals surface area contributed by atoms with Gasteiger partial charge in [0.1, 0.15) is 6.04 Å². The smallest absolute Gasteiger partial charge is 0.324 e. The predicted molar refractivity (Wildman–Crippen MR) is 111 cm³/mol. The second-order valence-corrected chi connectivity index (χ2v) is 12.5. The third-order valence-electron chi connectivity index (χ3n) is 3.99. The molecule has 0 aliphatic heterocycles. The van der Waals surface area contributed by atoms with Gasteiger partial charge >= 0.3 is 5.97 Å². The van der Waals surface area contributed by atoms with E-state index >= 15 is 0 Å². The van der Waals surface area contributed by atoms with Crippen LogP contribution >= 0.6 is 0 Å². The largest absolute Gasteiger partial charge is 0.465 e. The van der Waals surface area contributed by atoms with Crippen LogP contribution in [-0.4, -0.2) is 57.9 Å². The van der Waals surface area contributed by atoms with Crippen molar-refractivity contribution in [3.8, 4) is 0 Å². The van der Waals surface area contributed by atoms with Crippen molar-refractivity contribution in [2.45, 2.75) is 70.8 Å². The molecule has 2 atom stereocenters. The van der Waals surface area contributed by atoms with Crippen LogP contribution in [0.5, 0.6) is 0 Å². The van der Waals surface area contributed by atoms with Gasteiger partial charge in [0.2, 0.25) is 0 Å². The first-order valence-electron chi connectivity index (χ1n) is 9.79. The van der Waals surface area contributed by atoms with Gasteiger partial charge < -0.3 is 9.16 Å². The number of carbonyl (C=O) groups excluding carboxylic acids is 2. The van der Waals surface area contributed by atoms with E-state index in [4.69, 9.17) is 9.16 Å². The van der Waals surface area contributed by atoms with Crippen molar-refractivity contribution in [3.63, 3.8) is 0 Å². The van der Waals surface area contributed by atoms with Gasteiger partial charge in [-0.15, -0.1) is 0 Å². The number of carbonyl (C=O) groups is 2. The maximum absolute atomic E-state index is 12.1. The Labute approximate surface area is 165 Å². The molecule has 27 heavy (non-hydrogen) atoms. The molecule has 0 radical (unpaired) electrons. The Bertz CT molecular complexity index is 553. The third-order valence-corrected chi connectivity index (χ3v) is 5.00. The van der Waals surface area contributed by atoms with Gasteiger partial charge in [0.15, 0.2) is 14.1 Å². The van der Waals surface area contributed by atoms with Gasteiger partial charge in [-0.25, -0.2) is 10.4 Å². The quantitative estimate of drug-likeness (QED) is 0.180. The van der Waals surface area contributed by atoms with Gasteiger partial charge in [0.25, 0.3) is 0 Å². The molecule has 1 aliphatic carbocycles. The Balaban J connectivity index is 2.38. The van der Waals surface area contributed by atoms with Crippen LogP contribution < -0.4 is 5.43 Å². The third kappa shape index (κ3) is 10.00. The molecule has 0 spiro atoms. The minimum absolute atomic E-state index is 0.0463. The molecule has 7 heteroatoms. The Morgan fingerprint density at radius 3 is 2.67 bits per heavy atom. The molecule has 0 aromatic rings. The zero-order valence-corrected chi connectivity index (χ0v) is 18.7. The molecule has 0 aromatic heterocycles. The molecule has 6 nitrogen and oxygen atoms in total. The van der Waals surface area contributed by atoms with Crippen LogP contribution in [0, 0.1) is 0 Å². The summed E-state index contributed by atoms with van der Waals surface area (Å²) in [7, 11) is 2.09. The number of nitrogens with one attached hydrogen (secondary N) is 1. The number of Topliss-reactive ketones (excluding diaryl/α,β-unsaturated/α-hetero) is 1. The van der Waals surface area contributed by atoms with E-state index in [9.17, 15) is 9.59 Å². The fraction of sp³-hybridized carbons (Fsp3) is 0.700. The van der Waals surface area contributed by atoms with Crippen LogP contribution in [0.4, 0.5) is 0 Å². The molecule has 154 valence electrons. The number of unbranched alkanes of at least 4 members (excludes halogenated alkanes) is 1. The topological polar surface area (TPSA) is 67.9 Å². The number of esters is 1. The Morgan fingerprint density at radius 1 is 1.37 bits per heavy atom.